The highest BCUT2D eigenvalue weighted by molar-refractivity contribution is 5.72. The summed E-state index contributed by atoms with van der Waals surface area (Å²) in [4.78, 5) is 20.8. The summed E-state index contributed by atoms with van der Waals surface area (Å²) in [5.41, 5.74) is -0.759. The van der Waals surface area contributed by atoms with Crippen LogP contribution < -0.4 is 5.11 Å². The Kier molecular flexibility index (Phi) is 7.08. The van der Waals surface area contributed by atoms with E-state index >= 15 is 0 Å². The highest BCUT2D eigenvalue weighted by Crippen LogP contribution is 2.29. The van der Waals surface area contributed by atoms with Gasteiger partial charge in [-0.3, -0.25) is 4.79 Å². The van der Waals surface area contributed by atoms with Gasteiger partial charge in [0.05, 0.1) is 34.6 Å². The minimum absolute atomic E-state index is 0.165. The van der Waals surface area contributed by atoms with Gasteiger partial charge in [0.1, 0.15) is 0 Å². The molecule has 17 heavy (non-hydrogen) atoms. The predicted molar refractivity (Wildman–Crippen MR) is 64.2 cm³/mol. The van der Waals surface area contributed by atoms with E-state index < -0.39 is 23.3 Å². The average Bonchev–Trinajstić information content (AvgIpc) is 1.96. The fourth-order valence-electron chi connectivity index (χ4n) is 0.862. The van der Waals surface area contributed by atoms with Crippen molar-refractivity contribution in [1.29, 1.82) is 0 Å². The molecule has 0 saturated heterocycles. The Balaban J connectivity index is 0. The first-order chi connectivity index (χ1) is 7.27. The van der Waals surface area contributed by atoms with E-state index in [-0.39, 0.29) is 6.42 Å². The zero-order valence-electron chi connectivity index (χ0n) is 11.9. The summed E-state index contributed by atoms with van der Waals surface area (Å²) in [6.07, 6.45) is -0.165. The molecule has 0 heterocycles. The van der Waals surface area contributed by atoms with Gasteiger partial charge in [-0.05, 0) is 5.41 Å². The van der Waals surface area contributed by atoms with E-state index in [1.807, 2.05) is 0 Å². The smallest absolute Gasteiger partial charge is 0.303 e. The number of hydrogen-bond acceptors (Lipinski definition) is 3. The first kappa shape index (κ1) is 18.3. The lowest BCUT2D eigenvalue weighted by atomic mass is 9.77. The molecule has 0 aromatic rings. The van der Waals surface area contributed by atoms with Gasteiger partial charge in [-0.25, -0.2) is 0 Å². The summed E-state index contributed by atoms with van der Waals surface area (Å²) in [6.45, 7) is 4.65. The van der Waals surface area contributed by atoms with Crippen LogP contribution in [0.4, 0.5) is 0 Å². The summed E-state index contributed by atoms with van der Waals surface area (Å²) in [5, 5.41) is 18.9. The molecular weight excluding hydrogens is 222 g/mol. The molecule has 0 amide bonds. The van der Waals surface area contributed by atoms with Crippen LogP contribution in [0.2, 0.25) is 0 Å². The number of rotatable bonds is 4. The van der Waals surface area contributed by atoms with Crippen LogP contribution in [-0.4, -0.2) is 49.7 Å². The maximum absolute atomic E-state index is 10.4. The lowest BCUT2D eigenvalue weighted by Crippen LogP contribution is -2.39. The normalized spacial score (nSPS) is 13.4. The van der Waals surface area contributed by atoms with Gasteiger partial charge in [0.25, 0.3) is 0 Å². The molecule has 0 aliphatic heterocycles. The highest BCUT2D eigenvalue weighted by atomic mass is 16.4. The van der Waals surface area contributed by atoms with Crippen LogP contribution in [-0.2, 0) is 9.59 Å². The fraction of sp³-hybridized carbons (Fsp3) is 0.833. The molecule has 0 aliphatic carbocycles. The molecule has 1 unspecified atom stereocenters. The zero-order valence-corrected chi connectivity index (χ0v) is 11.9. The molecular formula is C12H25NO4. The van der Waals surface area contributed by atoms with Crippen LogP contribution in [0.1, 0.15) is 27.2 Å². The first-order valence-electron chi connectivity index (χ1n) is 5.49. The highest BCUT2D eigenvalue weighted by Gasteiger charge is 2.29. The molecule has 0 saturated carbocycles. The number of aliphatic carboxylic acids is 2. The van der Waals surface area contributed by atoms with Crippen molar-refractivity contribution in [3.8, 4) is 0 Å². The molecule has 0 aromatic carbocycles. The van der Waals surface area contributed by atoms with Gasteiger partial charge in [0, 0.05) is 11.9 Å². The maximum Gasteiger partial charge on any atom is 0.303 e. The number of hydrogen-bond donors (Lipinski definition) is 1. The van der Waals surface area contributed by atoms with Gasteiger partial charge in [-0.2, -0.15) is 0 Å². The monoisotopic (exact) mass is 247 g/mol. The molecule has 0 fully saturated rings. The number of carboxylic acid groups (broad SMARTS) is 2. The zero-order chi connectivity index (χ0) is 14.4. The Bertz CT molecular complexity index is 260. The molecule has 0 radical (unpaired) electrons. The van der Waals surface area contributed by atoms with Gasteiger partial charge < -0.3 is 19.5 Å². The Morgan fingerprint density at radius 3 is 1.71 bits per heavy atom. The molecule has 0 rings (SSSR count). The number of carbonyl (C=O) groups excluding carboxylic acids is 1. The fourth-order valence-corrected chi connectivity index (χ4v) is 0.862. The second kappa shape index (κ2) is 6.59. The Morgan fingerprint density at radius 2 is 1.53 bits per heavy atom. The minimum atomic E-state index is -1.21. The van der Waals surface area contributed by atoms with E-state index in [9.17, 15) is 14.7 Å². The van der Waals surface area contributed by atoms with E-state index in [1.54, 1.807) is 13.8 Å². The van der Waals surface area contributed by atoms with Crippen molar-refractivity contribution in [2.75, 3.05) is 28.2 Å². The van der Waals surface area contributed by atoms with Crippen molar-refractivity contribution < 1.29 is 24.3 Å². The molecule has 1 N–H and O–H groups in total. The van der Waals surface area contributed by atoms with Gasteiger partial charge >= 0.3 is 5.97 Å². The second-order valence-corrected chi connectivity index (χ2v) is 6.28. The molecule has 0 spiro atoms. The predicted octanol–water partition coefficient (Wildman–Crippen LogP) is 0.196. The lowest BCUT2D eigenvalue weighted by molar-refractivity contribution is -0.849. The number of carbonyl (C=O) groups is 2. The molecule has 102 valence electrons. The topological polar surface area (TPSA) is 77.4 Å². The van der Waals surface area contributed by atoms with Crippen molar-refractivity contribution in [2.24, 2.45) is 11.3 Å². The maximum atomic E-state index is 10.4. The van der Waals surface area contributed by atoms with Crippen LogP contribution in [0.5, 0.6) is 0 Å². The molecule has 5 heteroatoms. The Morgan fingerprint density at radius 1 is 1.24 bits per heavy atom. The van der Waals surface area contributed by atoms with Crippen molar-refractivity contribution in [2.45, 2.75) is 27.2 Å². The largest absolute Gasteiger partial charge is 0.550 e. The third-order valence-electron chi connectivity index (χ3n) is 2.13. The summed E-state index contributed by atoms with van der Waals surface area (Å²) in [7, 11) is 8.50. The number of nitrogens with zero attached hydrogens (tertiary/aromatic N) is 1. The van der Waals surface area contributed by atoms with Crippen molar-refractivity contribution in [3.63, 3.8) is 0 Å². The second-order valence-electron chi connectivity index (χ2n) is 6.28. The van der Waals surface area contributed by atoms with Crippen LogP contribution in [0.15, 0.2) is 0 Å². The summed E-state index contributed by atoms with van der Waals surface area (Å²) in [5.74, 6) is -2.96. The summed E-state index contributed by atoms with van der Waals surface area (Å²) >= 11 is 0. The van der Waals surface area contributed by atoms with Crippen molar-refractivity contribution >= 4 is 11.9 Å². The van der Waals surface area contributed by atoms with Crippen LogP contribution >= 0.6 is 0 Å². The van der Waals surface area contributed by atoms with E-state index in [2.05, 4.69) is 28.2 Å². The minimum Gasteiger partial charge on any atom is -0.550 e. The Hall–Kier alpha value is -1.10. The Labute approximate surface area is 104 Å². The van der Waals surface area contributed by atoms with Gasteiger partial charge in [0.15, 0.2) is 0 Å². The molecule has 0 aliphatic rings. The first-order valence-corrected chi connectivity index (χ1v) is 5.49. The lowest BCUT2D eigenvalue weighted by Gasteiger charge is -2.30. The van der Waals surface area contributed by atoms with Crippen molar-refractivity contribution in [3.05, 3.63) is 0 Å². The average molecular weight is 247 g/mol. The third kappa shape index (κ3) is 12.8. The molecule has 0 aromatic heterocycles. The van der Waals surface area contributed by atoms with E-state index in [0.29, 0.717) is 0 Å². The van der Waals surface area contributed by atoms with Crippen molar-refractivity contribution in [1.82, 2.24) is 0 Å². The molecule has 0 bridgehead atoms. The van der Waals surface area contributed by atoms with E-state index in [4.69, 9.17) is 5.11 Å². The standard InChI is InChI=1S/C8H14O4.C4H12N/c1-5(7(11)12)8(2,3)4-6(9)10;1-5(2,3)4/h5H,4H2,1-3H3,(H,9,10)(H,11,12);1-4H3/q;+1/p-1. The summed E-state index contributed by atoms with van der Waals surface area (Å²) < 4.78 is 1.00. The van der Waals surface area contributed by atoms with Crippen LogP contribution in [0.3, 0.4) is 0 Å². The van der Waals surface area contributed by atoms with Crippen LogP contribution in [0.25, 0.3) is 0 Å². The van der Waals surface area contributed by atoms with E-state index in [1.165, 1.54) is 6.92 Å². The number of carboxylic acids is 2. The summed E-state index contributed by atoms with van der Waals surface area (Å²) in [6, 6.07) is 0. The molecule has 1 atom stereocenters. The number of quaternary nitrogens is 1. The van der Waals surface area contributed by atoms with E-state index in [0.717, 1.165) is 4.48 Å². The van der Waals surface area contributed by atoms with Gasteiger partial charge in [-0.15, -0.1) is 0 Å². The van der Waals surface area contributed by atoms with Crippen LogP contribution in [0, 0.1) is 11.3 Å². The SMILES string of the molecule is CC(C(=O)[O-])C(C)(C)CC(=O)O.C[N+](C)(C)C. The van der Waals surface area contributed by atoms with Gasteiger partial charge in [0.2, 0.25) is 0 Å². The van der Waals surface area contributed by atoms with Gasteiger partial charge in [-0.1, -0.05) is 20.8 Å². The third-order valence-corrected chi connectivity index (χ3v) is 2.13. The quantitative estimate of drug-likeness (QED) is 0.720. The molecule has 5 nitrogen and oxygen atoms in total.